The highest BCUT2D eigenvalue weighted by atomic mass is 32.2. The lowest BCUT2D eigenvalue weighted by Crippen LogP contribution is -2.35. The van der Waals surface area contributed by atoms with Gasteiger partial charge in [-0.3, -0.25) is 4.57 Å². The van der Waals surface area contributed by atoms with E-state index in [4.69, 9.17) is 9.47 Å². The second kappa shape index (κ2) is 8.17. The number of hydrogen-bond acceptors (Lipinski definition) is 6. The fourth-order valence-corrected chi connectivity index (χ4v) is 3.52. The molecule has 1 aliphatic heterocycles. The van der Waals surface area contributed by atoms with Crippen LogP contribution in [0.3, 0.4) is 0 Å². The van der Waals surface area contributed by atoms with E-state index in [1.54, 1.807) is 22.5 Å². The third kappa shape index (κ3) is 4.71. The third-order valence-electron chi connectivity index (χ3n) is 3.68. The van der Waals surface area contributed by atoms with Crippen molar-refractivity contribution in [2.45, 2.75) is 58.4 Å². The quantitative estimate of drug-likeness (QED) is 0.759. The Morgan fingerprint density at radius 1 is 1.48 bits per heavy atom. The van der Waals surface area contributed by atoms with Crippen LogP contribution in [0.2, 0.25) is 0 Å². The van der Waals surface area contributed by atoms with Gasteiger partial charge < -0.3 is 14.4 Å². The molecule has 6 nitrogen and oxygen atoms in total. The highest BCUT2D eigenvalue weighted by Crippen LogP contribution is 2.31. The van der Waals surface area contributed by atoms with E-state index >= 15 is 0 Å². The van der Waals surface area contributed by atoms with E-state index in [-0.39, 0.29) is 23.5 Å². The summed E-state index contributed by atoms with van der Waals surface area (Å²) in [5.74, 6) is 1.45. The number of nitrogens with zero attached hydrogens (tertiary/aromatic N) is 3. The summed E-state index contributed by atoms with van der Waals surface area (Å²) in [4.78, 5) is 18.7. The summed E-state index contributed by atoms with van der Waals surface area (Å²) in [7, 11) is 0. The maximum Gasteiger partial charge on any atom is 0.351 e. The number of aromatic nitrogens is 2. The number of ether oxygens (including phenoxy) is 2. The van der Waals surface area contributed by atoms with Crippen molar-refractivity contribution in [3.63, 3.8) is 0 Å². The van der Waals surface area contributed by atoms with Crippen LogP contribution in [0.5, 0.6) is 0 Å². The number of anilines is 1. The van der Waals surface area contributed by atoms with Gasteiger partial charge in [-0.1, -0.05) is 0 Å². The standard InChI is InChI=1S/C16H27N3O3S/c1-6-18(11(2)3)13-7-8-19(16(20)17-13)14-10-23-15(22-14)9-21-12(4)5/h7-8,11-12,14-15H,6,9-10H2,1-5H3/t14-,15+/m0/s1. The normalized spacial score (nSPS) is 21.3. The van der Waals surface area contributed by atoms with Gasteiger partial charge >= 0.3 is 5.69 Å². The number of rotatable bonds is 7. The molecule has 23 heavy (non-hydrogen) atoms. The molecule has 0 amide bonds. The second-order valence-corrected chi connectivity index (χ2v) is 7.28. The van der Waals surface area contributed by atoms with E-state index < -0.39 is 0 Å². The predicted molar refractivity (Wildman–Crippen MR) is 94.1 cm³/mol. The van der Waals surface area contributed by atoms with Crippen LogP contribution in [0.15, 0.2) is 17.1 Å². The summed E-state index contributed by atoms with van der Waals surface area (Å²) in [5, 5.41) is 0. The fraction of sp³-hybridized carbons (Fsp3) is 0.750. The van der Waals surface area contributed by atoms with Gasteiger partial charge in [-0.2, -0.15) is 4.98 Å². The van der Waals surface area contributed by atoms with Crippen molar-refractivity contribution in [3.8, 4) is 0 Å². The van der Waals surface area contributed by atoms with Crippen molar-refractivity contribution in [1.29, 1.82) is 0 Å². The summed E-state index contributed by atoms with van der Waals surface area (Å²) in [6.07, 6.45) is 1.69. The van der Waals surface area contributed by atoms with E-state index in [1.165, 1.54) is 0 Å². The molecule has 2 atom stereocenters. The molecule has 1 aromatic rings. The van der Waals surface area contributed by atoms with Crippen molar-refractivity contribution >= 4 is 17.6 Å². The van der Waals surface area contributed by atoms with Crippen molar-refractivity contribution in [3.05, 3.63) is 22.7 Å². The average Bonchev–Trinajstić information content (AvgIpc) is 2.94. The fourth-order valence-electron chi connectivity index (χ4n) is 2.52. The SMILES string of the molecule is CCN(c1ccn([C@@H]2CS[C@H](COC(C)C)O2)c(=O)n1)C(C)C. The third-order valence-corrected chi connectivity index (χ3v) is 4.78. The molecule has 0 N–H and O–H groups in total. The monoisotopic (exact) mass is 341 g/mol. The Kier molecular flexibility index (Phi) is 6.50. The molecule has 0 unspecified atom stereocenters. The van der Waals surface area contributed by atoms with Crippen LogP contribution in [-0.2, 0) is 9.47 Å². The van der Waals surface area contributed by atoms with Gasteiger partial charge in [-0.15, -0.1) is 11.8 Å². The van der Waals surface area contributed by atoms with E-state index in [2.05, 4.69) is 30.7 Å². The first-order valence-electron chi connectivity index (χ1n) is 8.16. The smallest absolute Gasteiger partial charge is 0.351 e. The molecule has 0 aliphatic carbocycles. The molecule has 0 spiro atoms. The molecule has 7 heteroatoms. The summed E-state index contributed by atoms with van der Waals surface area (Å²) >= 11 is 1.67. The molecule has 1 fully saturated rings. The Morgan fingerprint density at radius 2 is 2.22 bits per heavy atom. The molecule has 0 aromatic carbocycles. The zero-order chi connectivity index (χ0) is 17.0. The van der Waals surface area contributed by atoms with Crippen molar-refractivity contribution in [1.82, 2.24) is 9.55 Å². The van der Waals surface area contributed by atoms with E-state index in [9.17, 15) is 4.79 Å². The summed E-state index contributed by atoms with van der Waals surface area (Å²) in [6.45, 7) is 11.6. The highest BCUT2D eigenvalue weighted by Gasteiger charge is 2.28. The molecule has 0 bridgehead atoms. The molecule has 2 rings (SSSR count). The van der Waals surface area contributed by atoms with Crippen LogP contribution in [-0.4, -0.2) is 46.0 Å². The van der Waals surface area contributed by atoms with Crippen LogP contribution >= 0.6 is 11.8 Å². The Labute approximate surface area is 142 Å². The molecule has 0 saturated carbocycles. The highest BCUT2D eigenvalue weighted by molar-refractivity contribution is 8.00. The van der Waals surface area contributed by atoms with E-state index in [1.807, 2.05) is 19.9 Å². The van der Waals surface area contributed by atoms with Gasteiger partial charge in [0.1, 0.15) is 17.5 Å². The summed E-state index contributed by atoms with van der Waals surface area (Å²) < 4.78 is 13.0. The topological polar surface area (TPSA) is 56.6 Å². The van der Waals surface area contributed by atoms with Crippen molar-refractivity contribution in [2.24, 2.45) is 0 Å². The van der Waals surface area contributed by atoms with Gasteiger partial charge in [0.25, 0.3) is 0 Å². The molecule has 0 radical (unpaired) electrons. The maximum atomic E-state index is 12.3. The Bertz CT molecular complexity index is 562. The van der Waals surface area contributed by atoms with E-state index in [0.29, 0.717) is 18.5 Å². The lowest BCUT2D eigenvalue weighted by atomic mass is 10.3. The molecule has 1 aliphatic rings. The molecular weight excluding hydrogens is 314 g/mol. The van der Waals surface area contributed by atoms with Gasteiger partial charge in [-0.25, -0.2) is 4.79 Å². The Morgan fingerprint density at radius 3 is 2.78 bits per heavy atom. The van der Waals surface area contributed by atoms with Gasteiger partial charge in [0.15, 0.2) is 0 Å². The summed E-state index contributed by atoms with van der Waals surface area (Å²) in [5.41, 5.74) is -0.297. The molecule has 1 saturated heterocycles. The molecule has 2 heterocycles. The summed E-state index contributed by atoms with van der Waals surface area (Å²) in [6, 6.07) is 2.19. The minimum atomic E-state index is -0.274. The van der Waals surface area contributed by atoms with Crippen LogP contribution in [0.1, 0.15) is 40.8 Å². The Hall–Kier alpha value is -1.05. The maximum absolute atomic E-state index is 12.3. The molecule has 1 aromatic heterocycles. The zero-order valence-corrected chi connectivity index (χ0v) is 15.4. The van der Waals surface area contributed by atoms with Crippen LogP contribution in [0, 0.1) is 0 Å². The second-order valence-electron chi connectivity index (χ2n) is 6.09. The lowest BCUT2D eigenvalue weighted by Gasteiger charge is -2.26. The van der Waals surface area contributed by atoms with Gasteiger partial charge in [0.2, 0.25) is 0 Å². The van der Waals surface area contributed by atoms with Crippen LogP contribution < -0.4 is 10.6 Å². The average molecular weight is 341 g/mol. The molecule has 130 valence electrons. The van der Waals surface area contributed by atoms with Crippen molar-refractivity contribution in [2.75, 3.05) is 23.8 Å². The van der Waals surface area contributed by atoms with Gasteiger partial charge in [0.05, 0.1) is 12.7 Å². The minimum Gasteiger partial charge on any atom is -0.375 e. The first kappa shape index (κ1) is 18.3. The lowest BCUT2D eigenvalue weighted by molar-refractivity contribution is -0.0377. The van der Waals surface area contributed by atoms with Crippen LogP contribution in [0.4, 0.5) is 5.82 Å². The zero-order valence-electron chi connectivity index (χ0n) is 14.6. The first-order valence-corrected chi connectivity index (χ1v) is 9.21. The largest absolute Gasteiger partial charge is 0.375 e. The Balaban J connectivity index is 2.06. The van der Waals surface area contributed by atoms with Gasteiger partial charge in [-0.05, 0) is 40.7 Å². The van der Waals surface area contributed by atoms with Crippen LogP contribution in [0.25, 0.3) is 0 Å². The molecular formula is C16H27N3O3S. The predicted octanol–water partition coefficient (Wildman–Crippen LogP) is 2.49. The van der Waals surface area contributed by atoms with Crippen molar-refractivity contribution < 1.29 is 9.47 Å². The first-order chi connectivity index (χ1) is 10.9. The van der Waals surface area contributed by atoms with Gasteiger partial charge in [0, 0.05) is 24.5 Å². The minimum absolute atomic E-state index is 0.0308. The van der Waals surface area contributed by atoms with E-state index in [0.717, 1.165) is 12.3 Å². The number of hydrogen-bond donors (Lipinski definition) is 0. The number of thioether (sulfide) groups is 1.